The average molecular weight is 294 g/mol. The summed E-state index contributed by atoms with van der Waals surface area (Å²) in [4.78, 5) is 5.77. The van der Waals surface area contributed by atoms with Crippen molar-refractivity contribution in [2.45, 2.75) is 26.3 Å². The number of ether oxygens (including phenoxy) is 1. The molecular formula is C15H19FN2OS. The van der Waals surface area contributed by atoms with Crippen molar-refractivity contribution in [1.82, 2.24) is 10.3 Å². The summed E-state index contributed by atoms with van der Waals surface area (Å²) in [6, 6.07) is 4.87. The molecule has 0 aliphatic heterocycles. The zero-order chi connectivity index (χ0) is 14.7. The van der Waals surface area contributed by atoms with Crippen LogP contribution in [0.1, 0.15) is 30.3 Å². The van der Waals surface area contributed by atoms with Crippen molar-refractivity contribution < 1.29 is 9.13 Å². The van der Waals surface area contributed by atoms with E-state index in [2.05, 4.69) is 24.1 Å². The Balaban J connectivity index is 2.45. The molecule has 0 aliphatic carbocycles. The van der Waals surface area contributed by atoms with E-state index in [0.29, 0.717) is 17.2 Å². The molecule has 108 valence electrons. The molecule has 1 aromatic carbocycles. The van der Waals surface area contributed by atoms with Crippen molar-refractivity contribution in [1.29, 1.82) is 0 Å². The fourth-order valence-electron chi connectivity index (χ4n) is 2.01. The fourth-order valence-corrected chi connectivity index (χ4v) is 3.27. The summed E-state index contributed by atoms with van der Waals surface area (Å²) < 4.78 is 19.1. The van der Waals surface area contributed by atoms with Gasteiger partial charge in [0.25, 0.3) is 0 Å². The van der Waals surface area contributed by atoms with Crippen LogP contribution < -0.4 is 10.1 Å². The predicted octanol–water partition coefficient (Wildman–Crippen LogP) is 3.80. The Kier molecular flexibility index (Phi) is 4.73. The van der Waals surface area contributed by atoms with Crippen LogP contribution in [0, 0.1) is 5.82 Å². The van der Waals surface area contributed by atoms with E-state index in [0.717, 1.165) is 22.1 Å². The van der Waals surface area contributed by atoms with E-state index >= 15 is 0 Å². The Morgan fingerprint density at radius 3 is 2.70 bits per heavy atom. The van der Waals surface area contributed by atoms with Gasteiger partial charge in [0.05, 0.1) is 12.8 Å². The molecule has 0 atom stereocenters. The molecule has 1 N–H and O–H groups in total. The minimum Gasteiger partial charge on any atom is -0.497 e. The number of halogens is 1. The summed E-state index contributed by atoms with van der Waals surface area (Å²) in [6.45, 7) is 4.95. The van der Waals surface area contributed by atoms with Gasteiger partial charge in [0.15, 0.2) is 0 Å². The first kappa shape index (κ1) is 14.9. The summed E-state index contributed by atoms with van der Waals surface area (Å²) in [6.07, 6.45) is 0. The molecule has 0 bridgehead atoms. The lowest BCUT2D eigenvalue weighted by Crippen LogP contribution is -2.06. The third kappa shape index (κ3) is 2.99. The normalized spacial score (nSPS) is 11.1. The van der Waals surface area contributed by atoms with Crippen molar-refractivity contribution >= 4 is 11.3 Å². The molecule has 0 fully saturated rings. The molecule has 5 heteroatoms. The van der Waals surface area contributed by atoms with Gasteiger partial charge in [-0.15, -0.1) is 11.3 Å². The second-order valence-corrected chi connectivity index (χ2v) is 5.94. The lowest BCUT2D eigenvalue weighted by molar-refractivity contribution is 0.411. The Bertz CT molecular complexity index is 596. The van der Waals surface area contributed by atoms with Gasteiger partial charge >= 0.3 is 0 Å². The van der Waals surface area contributed by atoms with Crippen LogP contribution in [0.4, 0.5) is 4.39 Å². The van der Waals surface area contributed by atoms with Gasteiger partial charge in [0.2, 0.25) is 0 Å². The second kappa shape index (κ2) is 6.33. The highest BCUT2D eigenvalue weighted by atomic mass is 32.1. The van der Waals surface area contributed by atoms with Crippen LogP contribution in [-0.4, -0.2) is 19.1 Å². The van der Waals surface area contributed by atoms with E-state index in [1.165, 1.54) is 24.5 Å². The summed E-state index contributed by atoms with van der Waals surface area (Å²) in [5.74, 6) is 0.538. The molecule has 0 unspecified atom stereocenters. The molecule has 2 aromatic rings. The quantitative estimate of drug-likeness (QED) is 0.910. The first-order valence-electron chi connectivity index (χ1n) is 6.55. The van der Waals surface area contributed by atoms with Crippen LogP contribution in [0.3, 0.4) is 0 Å². The lowest BCUT2D eigenvalue weighted by Gasteiger charge is -2.04. The molecule has 20 heavy (non-hydrogen) atoms. The van der Waals surface area contributed by atoms with Crippen LogP contribution in [-0.2, 0) is 6.54 Å². The summed E-state index contributed by atoms with van der Waals surface area (Å²) in [5.41, 5.74) is 1.56. The van der Waals surface area contributed by atoms with Gasteiger partial charge in [-0.3, -0.25) is 0 Å². The maximum atomic E-state index is 14.1. The lowest BCUT2D eigenvalue weighted by atomic mass is 10.1. The first-order chi connectivity index (χ1) is 9.56. The molecule has 0 spiro atoms. The smallest absolute Gasteiger partial charge is 0.137 e. The number of rotatable bonds is 5. The summed E-state index contributed by atoms with van der Waals surface area (Å²) in [5, 5.41) is 3.85. The molecule has 0 amide bonds. The standard InChI is InChI=1S/C15H19FN2OS/c1-9(2)14-13(8-17-3)20-15(18-14)11-6-5-10(19-4)7-12(11)16/h5-7,9,17H,8H2,1-4H3. The van der Waals surface area contributed by atoms with Gasteiger partial charge in [-0.2, -0.15) is 0 Å². The van der Waals surface area contributed by atoms with E-state index in [4.69, 9.17) is 4.74 Å². The highest BCUT2D eigenvalue weighted by Crippen LogP contribution is 2.34. The minimum absolute atomic E-state index is 0.301. The van der Waals surface area contributed by atoms with E-state index in [1.807, 2.05) is 7.05 Å². The fraction of sp³-hybridized carbons (Fsp3) is 0.400. The van der Waals surface area contributed by atoms with Gasteiger partial charge < -0.3 is 10.1 Å². The number of aromatic nitrogens is 1. The Morgan fingerprint density at radius 2 is 2.15 bits per heavy atom. The van der Waals surface area contributed by atoms with E-state index in [9.17, 15) is 4.39 Å². The van der Waals surface area contributed by atoms with E-state index in [-0.39, 0.29) is 5.82 Å². The molecule has 1 aromatic heterocycles. The number of nitrogens with zero attached hydrogens (tertiary/aromatic N) is 1. The molecular weight excluding hydrogens is 275 g/mol. The van der Waals surface area contributed by atoms with Crippen molar-refractivity contribution in [2.24, 2.45) is 0 Å². The number of methoxy groups -OCH3 is 1. The number of hydrogen-bond donors (Lipinski definition) is 1. The minimum atomic E-state index is -0.301. The number of thiazole rings is 1. The number of benzene rings is 1. The van der Waals surface area contributed by atoms with Crippen molar-refractivity contribution in [3.63, 3.8) is 0 Å². The molecule has 2 rings (SSSR count). The van der Waals surface area contributed by atoms with Gasteiger partial charge in [-0.25, -0.2) is 9.37 Å². The monoisotopic (exact) mass is 294 g/mol. The van der Waals surface area contributed by atoms with Crippen LogP contribution in [0.5, 0.6) is 5.75 Å². The maximum Gasteiger partial charge on any atom is 0.137 e. The molecule has 0 saturated carbocycles. The van der Waals surface area contributed by atoms with E-state index < -0.39 is 0 Å². The third-order valence-corrected chi connectivity index (χ3v) is 4.12. The number of hydrogen-bond acceptors (Lipinski definition) is 4. The van der Waals surface area contributed by atoms with Crippen molar-refractivity contribution in [2.75, 3.05) is 14.2 Å². The molecule has 0 aliphatic rings. The number of nitrogens with one attached hydrogen (secondary N) is 1. The summed E-state index contributed by atoms with van der Waals surface area (Å²) in [7, 11) is 3.43. The Labute approximate surface area is 122 Å². The molecule has 1 heterocycles. The van der Waals surface area contributed by atoms with Crippen molar-refractivity contribution in [3.8, 4) is 16.3 Å². The Hall–Kier alpha value is -1.46. The topological polar surface area (TPSA) is 34.1 Å². The predicted molar refractivity (Wildman–Crippen MR) is 80.9 cm³/mol. The van der Waals surface area contributed by atoms with Gasteiger partial charge in [-0.1, -0.05) is 13.8 Å². The average Bonchev–Trinajstić information content (AvgIpc) is 2.83. The molecule has 0 saturated heterocycles. The second-order valence-electron chi connectivity index (χ2n) is 4.86. The SMILES string of the molecule is CNCc1sc(-c2ccc(OC)cc2F)nc1C(C)C. The highest BCUT2D eigenvalue weighted by molar-refractivity contribution is 7.15. The third-order valence-electron chi connectivity index (χ3n) is 3.02. The molecule has 3 nitrogen and oxygen atoms in total. The summed E-state index contributed by atoms with van der Waals surface area (Å²) >= 11 is 1.54. The Morgan fingerprint density at radius 1 is 1.40 bits per heavy atom. The molecule has 0 radical (unpaired) electrons. The zero-order valence-electron chi connectivity index (χ0n) is 12.2. The van der Waals surface area contributed by atoms with Crippen LogP contribution in [0.15, 0.2) is 18.2 Å². The first-order valence-corrected chi connectivity index (χ1v) is 7.36. The zero-order valence-corrected chi connectivity index (χ0v) is 13.0. The maximum absolute atomic E-state index is 14.1. The van der Waals surface area contributed by atoms with Gasteiger partial charge in [0, 0.05) is 23.1 Å². The van der Waals surface area contributed by atoms with Crippen LogP contribution in [0.25, 0.3) is 10.6 Å². The largest absolute Gasteiger partial charge is 0.497 e. The van der Waals surface area contributed by atoms with Gasteiger partial charge in [-0.05, 0) is 25.1 Å². The highest BCUT2D eigenvalue weighted by Gasteiger charge is 2.17. The van der Waals surface area contributed by atoms with Gasteiger partial charge in [0.1, 0.15) is 16.6 Å². The van der Waals surface area contributed by atoms with Crippen LogP contribution >= 0.6 is 11.3 Å². The van der Waals surface area contributed by atoms with Crippen LogP contribution in [0.2, 0.25) is 0 Å². The van der Waals surface area contributed by atoms with Crippen molar-refractivity contribution in [3.05, 3.63) is 34.6 Å². The van der Waals surface area contributed by atoms with E-state index in [1.54, 1.807) is 12.1 Å².